The zero-order chi connectivity index (χ0) is 15.9. The summed E-state index contributed by atoms with van der Waals surface area (Å²) in [5, 5.41) is 28.4. The minimum atomic E-state index is 0.193. The van der Waals surface area contributed by atoms with E-state index in [1.165, 1.54) is 0 Å². The largest absolute Gasteiger partial charge is 0.507 e. The molecule has 0 aromatic heterocycles. The van der Waals surface area contributed by atoms with Crippen LogP contribution in [0.25, 0.3) is 0 Å². The first kappa shape index (κ1) is 15.8. The molecule has 0 heterocycles. The van der Waals surface area contributed by atoms with Crippen molar-refractivity contribution in [2.45, 2.75) is 26.7 Å². The fourth-order valence-electron chi connectivity index (χ4n) is 2.19. The van der Waals surface area contributed by atoms with Crippen molar-refractivity contribution in [3.8, 4) is 11.5 Å². The summed E-state index contributed by atoms with van der Waals surface area (Å²) in [6, 6.07) is 14.2. The van der Waals surface area contributed by atoms with Gasteiger partial charge in [-0.25, -0.2) is 0 Å². The van der Waals surface area contributed by atoms with Gasteiger partial charge >= 0.3 is 0 Å². The SMILES string of the molecule is CCC(=NN=C(CC)c1ccccc1O)c1ccccc1O. The van der Waals surface area contributed by atoms with Crippen LogP contribution in [-0.2, 0) is 0 Å². The van der Waals surface area contributed by atoms with Crippen molar-refractivity contribution < 1.29 is 10.2 Å². The molecule has 4 heteroatoms. The average molecular weight is 296 g/mol. The lowest BCUT2D eigenvalue weighted by atomic mass is 10.1. The van der Waals surface area contributed by atoms with E-state index in [4.69, 9.17) is 0 Å². The van der Waals surface area contributed by atoms with Gasteiger partial charge in [0, 0.05) is 11.1 Å². The summed E-state index contributed by atoms with van der Waals surface area (Å²) in [4.78, 5) is 0. The first-order chi connectivity index (χ1) is 10.7. The molecule has 0 radical (unpaired) electrons. The Morgan fingerprint density at radius 1 is 0.727 bits per heavy atom. The normalized spacial score (nSPS) is 12.5. The highest BCUT2D eigenvalue weighted by Crippen LogP contribution is 2.20. The molecule has 2 rings (SSSR count). The molecule has 2 N–H and O–H groups in total. The molecule has 0 aliphatic heterocycles. The maximum Gasteiger partial charge on any atom is 0.124 e. The molecule has 4 nitrogen and oxygen atoms in total. The Hall–Kier alpha value is -2.62. The molecule has 0 bridgehead atoms. The van der Waals surface area contributed by atoms with Crippen LogP contribution in [0.3, 0.4) is 0 Å². The average Bonchev–Trinajstić information content (AvgIpc) is 2.54. The number of aromatic hydroxyl groups is 2. The van der Waals surface area contributed by atoms with E-state index in [2.05, 4.69) is 10.2 Å². The van der Waals surface area contributed by atoms with Crippen molar-refractivity contribution in [2.24, 2.45) is 10.2 Å². The van der Waals surface area contributed by atoms with Gasteiger partial charge in [-0.05, 0) is 37.1 Å². The van der Waals surface area contributed by atoms with Crippen molar-refractivity contribution in [2.75, 3.05) is 0 Å². The predicted octanol–water partition coefficient (Wildman–Crippen LogP) is 4.11. The number of para-hydroxylation sites is 2. The van der Waals surface area contributed by atoms with E-state index < -0.39 is 0 Å². The fourth-order valence-corrected chi connectivity index (χ4v) is 2.19. The summed E-state index contributed by atoms with van der Waals surface area (Å²) in [6.45, 7) is 3.93. The zero-order valence-electron chi connectivity index (χ0n) is 12.8. The van der Waals surface area contributed by atoms with Crippen molar-refractivity contribution in [3.05, 3.63) is 59.7 Å². The van der Waals surface area contributed by atoms with Gasteiger partial charge in [0.2, 0.25) is 0 Å². The zero-order valence-corrected chi connectivity index (χ0v) is 12.8. The minimum absolute atomic E-state index is 0.193. The smallest absolute Gasteiger partial charge is 0.124 e. The van der Waals surface area contributed by atoms with Gasteiger partial charge in [0.25, 0.3) is 0 Å². The number of hydrogen-bond acceptors (Lipinski definition) is 4. The highest BCUT2D eigenvalue weighted by Gasteiger charge is 2.08. The van der Waals surface area contributed by atoms with E-state index in [-0.39, 0.29) is 11.5 Å². The number of rotatable bonds is 5. The van der Waals surface area contributed by atoms with Gasteiger partial charge in [0.1, 0.15) is 11.5 Å². The van der Waals surface area contributed by atoms with Crippen LogP contribution in [0.4, 0.5) is 0 Å². The van der Waals surface area contributed by atoms with Crippen LogP contribution in [0.15, 0.2) is 58.7 Å². The lowest BCUT2D eigenvalue weighted by Crippen LogP contribution is -2.02. The van der Waals surface area contributed by atoms with E-state index in [9.17, 15) is 10.2 Å². The summed E-state index contributed by atoms with van der Waals surface area (Å²) in [5.41, 5.74) is 2.78. The van der Waals surface area contributed by atoms with Crippen molar-refractivity contribution in [1.82, 2.24) is 0 Å². The van der Waals surface area contributed by atoms with Gasteiger partial charge in [-0.2, -0.15) is 10.2 Å². The van der Waals surface area contributed by atoms with Crippen molar-refractivity contribution in [3.63, 3.8) is 0 Å². The van der Waals surface area contributed by atoms with Crippen LogP contribution in [0.5, 0.6) is 11.5 Å². The second-order valence-electron chi connectivity index (χ2n) is 4.83. The summed E-state index contributed by atoms with van der Waals surface area (Å²) in [6.07, 6.45) is 1.30. The molecule has 0 aliphatic carbocycles. The topological polar surface area (TPSA) is 65.2 Å². The number of hydrogen-bond donors (Lipinski definition) is 2. The Labute approximate surface area is 130 Å². The number of phenols is 2. The van der Waals surface area contributed by atoms with E-state index >= 15 is 0 Å². The third-order valence-corrected chi connectivity index (χ3v) is 3.39. The highest BCUT2D eigenvalue weighted by molar-refractivity contribution is 6.05. The molecule has 0 spiro atoms. The standard InChI is InChI=1S/C18H20N2O2/c1-3-15(13-9-5-7-11-17(13)21)19-20-16(4-2)14-10-6-8-12-18(14)22/h5-12,21-22H,3-4H2,1-2H3. The predicted molar refractivity (Wildman–Crippen MR) is 89.9 cm³/mol. The van der Waals surface area contributed by atoms with Crippen LogP contribution in [0, 0.1) is 0 Å². The first-order valence-corrected chi connectivity index (χ1v) is 7.37. The van der Waals surface area contributed by atoms with Crippen molar-refractivity contribution >= 4 is 11.4 Å². The van der Waals surface area contributed by atoms with Gasteiger partial charge < -0.3 is 10.2 Å². The van der Waals surface area contributed by atoms with Crippen LogP contribution in [0.1, 0.15) is 37.8 Å². The van der Waals surface area contributed by atoms with Gasteiger partial charge in [0.15, 0.2) is 0 Å². The van der Waals surface area contributed by atoms with Crippen LogP contribution >= 0.6 is 0 Å². The summed E-state index contributed by atoms with van der Waals surface area (Å²) in [7, 11) is 0. The molecule has 0 saturated heterocycles. The molecular formula is C18H20N2O2. The number of nitrogens with zero attached hydrogens (tertiary/aromatic N) is 2. The van der Waals surface area contributed by atoms with Crippen LogP contribution < -0.4 is 0 Å². The maximum absolute atomic E-state index is 9.93. The third kappa shape index (κ3) is 3.52. The van der Waals surface area contributed by atoms with Gasteiger partial charge in [0.05, 0.1) is 11.4 Å². The van der Waals surface area contributed by atoms with Crippen molar-refractivity contribution in [1.29, 1.82) is 0 Å². The molecule has 114 valence electrons. The van der Waals surface area contributed by atoms with E-state index in [1.807, 2.05) is 38.1 Å². The minimum Gasteiger partial charge on any atom is -0.507 e. The Morgan fingerprint density at radius 2 is 1.09 bits per heavy atom. The van der Waals surface area contributed by atoms with Crippen LogP contribution in [-0.4, -0.2) is 21.6 Å². The molecular weight excluding hydrogens is 276 g/mol. The van der Waals surface area contributed by atoms with E-state index in [0.29, 0.717) is 35.4 Å². The molecule has 2 aromatic rings. The first-order valence-electron chi connectivity index (χ1n) is 7.37. The van der Waals surface area contributed by atoms with Gasteiger partial charge in [-0.3, -0.25) is 0 Å². The Morgan fingerprint density at radius 3 is 1.41 bits per heavy atom. The van der Waals surface area contributed by atoms with Gasteiger partial charge in [-0.1, -0.05) is 38.1 Å². The fraction of sp³-hybridized carbons (Fsp3) is 0.222. The number of phenolic OH excluding ortho intramolecular Hbond substituents is 2. The molecule has 0 aliphatic rings. The molecule has 0 saturated carbocycles. The Bertz CT molecular complexity index is 644. The summed E-state index contributed by atoms with van der Waals surface area (Å²) in [5.74, 6) is 0.387. The number of benzene rings is 2. The monoisotopic (exact) mass is 296 g/mol. The highest BCUT2D eigenvalue weighted by atomic mass is 16.3. The quantitative estimate of drug-likeness (QED) is 0.644. The van der Waals surface area contributed by atoms with E-state index in [1.54, 1.807) is 24.3 Å². The second kappa shape index (κ2) is 7.41. The molecule has 0 atom stereocenters. The Kier molecular flexibility index (Phi) is 5.31. The third-order valence-electron chi connectivity index (χ3n) is 3.39. The molecule has 0 amide bonds. The second-order valence-corrected chi connectivity index (χ2v) is 4.83. The Balaban J connectivity index is 2.41. The molecule has 0 unspecified atom stereocenters. The van der Waals surface area contributed by atoms with Crippen LogP contribution in [0.2, 0.25) is 0 Å². The summed E-state index contributed by atoms with van der Waals surface area (Å²) < 4.78 is 0. The van der Waals surface area contributed by atoms with E-state index in [0.717, 1.165) is 0 Å². The molecule has 22 heavy (non-hydrogen) atoms. The lowest BCUT2D eigenvalue weighted by Gasteiger charge is -2.07. The lowest BCUT2D eigenvalue weighted by molar-refractivity contribution is 0.473. The maximum atomic E-state index is 9.93. The summed E-state index contributed by atoms with van der Waals surface area (Å²) >= 11 is 0. The van der Waals surface area contributed by atoms with Gasteiger partial charge in [-0.15, -0.1) is 0 Å². The molecule has 0 fully saturated rings. The molecule has 2 aromatic carbocycles.